The van der Waals surface area contributed by atoms with Crippen molar-refractivity contribution in [2.24, 2.45) is 0 Å². The van der Waals surface area contributed by atoms with Crippen molar-refractivity contribution < 1.29 is 14.3 Å². The van der Waals surface area contributed by atoms with E-state index in [9.17, 15) is 9.59 Å². The monoisotopic (exact) mass is 250 g/mol. The Morgan fingerprint density at radius 1 is 1.28 bits per heavy atom. The average Bonchev–Trinajstić information content (AvgIpc) is 2.38. The summed E-state index contributed by atoms with van der Waals surface area (Å²) in [4.78, 5) is 24.3. The van der Waals surface area contributed by atoms with E-state index in [0.29, 0.717) is 18.7 Å². The summed E-state index contributed by atoms with van der Waals surface area (Å²) in [5.41, 5.74) is 7.14. The summed E-state index contributed by atoms with van der Waals surface area (Å²) in [7, 11) is 3.00. The molecule has 98 valence electrons. The van der Waals surface area contributed by atoms with E-state index in [-0.39, 0.29) is 18.3 Å². The molecule has 0 heterocycles. The summed E-state index contributed by atoms with van der Waals surface area (Å²) < 4.78 is 4.52. The van der Waals surface area contributed by atoms with Crippen LogP contribution >= 0.6 is 0 Å². The lowest BCUT2D eigenvalue weighted by Crippen LogP contribution is -2.30. The molecule has 0 aromatic heterocycles. The molecule has 0 fully saturated rings. The molecular formula is C13H18N2O3. The first-order valence-corrected chi connectivity index (χ1v) is 5.68. The maximum Gasteiger partial charge on any atom is 0.307 e. The van der Waals surface area contributed by atoms with E-state index in [2.05, 4.69) is 4.74 Å². The van der Waals surface area contributed by atoms with Crippen LogP contribution in [0.4, 0.5) is 5.69 Å². The van der Waals surface area contributed by atoms with Crippen LogP contribution in [0, 0.1) is 0 Å². The molecule has 0 saturated heterocycles. The number of likely N-dealkylation sites (N-methyl/N-ethyl adjacent to an activating group) is 1. The van der Waals surface area contributed by atoms with Crippen LogP contribution in [0.15, 0.2) is 24.3 Å². The zero-order valence-electron chi connectivity index (χ0n) is 10.7. The van der Waals surface area contributed by atoms with Crippen LogP contribution in [0.2, 0.25) is 0 Å². The molecule has 0 radical (unpaired) electrons. The number of esters is 1. The molecule has 1 amide bonds. The highest BCUT2D eigenvalue weighted by atomic mass is 16.5. The maximum absolute atomic E-state index is 11.8. The molecule has 0 aliphatic heterocycles. The van der Waals surface area contributed by atoms with Gasteiger partial charge in [-0.15, -0.1) is 0 Å². The van der Waals surface area contributed by atoms with Crippen molar-refractivity contribution in [2.75, 3.05) is 26.4 Å². The standard InChI is InChI=1S/C13H18N2O3/c1-15(8-7-13(17)18-2)12(16)9-10-3-5-11(14)6-4-10/h3-6H,7-9,14H2,1-2H3. The first-order chi connectivity index (χ1) is 8.52. The molecule has 0 atom stereocenters. The van der Waals surface area contributed by atoms with Crippen LogP contribution in [0.25, 0.3) is 0 Å². The van der Waals surface area contributed by atoms with Gasteiger partial charge in [0.2, 0.25) is 5.91 Å². The summed E-state index contributed by atoms with van der Waals surface area (Å²) in [6.07, 6.45) is 0.512. The minimum atomic E-state index is -0.317. The Morgan fingerprint density at radius 3 is 2.44 bits per heavy atom. The van der Waals surface area contributed by atoms with E-state index in [1.54, 1.807) is 19.2 Å². The molecule has 5 nitrogen and oxygen atoms in total. The molecule has 1 aromatic rings. The van der Waals surface area contributed by atoms with Crippen molar-refractivity contribution in [3.63, 3.8) is 0 Å². The minimum Gasteiger partial charge on any atom is -0.469 e. The number of carbonyl (C=O) groups is 2. The Balaban J connectivity index is 2.44. The number of methoxy groups -OCH3 is 1. The third-order valence-corrected chi connectivity index (χ3v) is 2.64. The van der Waals surface area contributed by atoms with Gasteiger partial charge in [0.05, 0.1) is 20.0 Å². The molecule has 18 heavy (non-hydrogen) atoms. The molecule has 0 spiro atoms. The number of ether oxygens (including phenoxy) is 1. The molecule has 1 aromatic carbocycles. The largest absolute Gasteiger partial charge is 0.469 e. The smallest absolute Gasteiger partial charge is 0.307 e. The van der Waals surface area contributed by atoms with E-state index in [0.717, 1.165) is 5.56 Å². The van der Waals surface area contributed by atoms with Crippen molar-refractivity contribution in [2.45, 2.75) is 12.8 Å². The molecule has 0 aliphatic carbocycles. The number of benzene rings is 1. The number of nitrogen functional groups attached to an aromatic ring is 1. The van der Waals surface area contributed by atoms with Gasteiger partial charge in [0, 0.05) is 19.3 Å². The van der Waals surface area contributed by atoms with Crippen LogP contribution in [0.1, 0.15) is 12.0 Å². The van der Waals surface area contributed by atoms with E-state index in [4.69, 9.17) is 5.73 Å². The minimum absolute atomic E-state index is 0.0383. The fourth-order valence-corrected chi connectivity index (χ4v) is 1.43. The maximum atomic E-state index is 11.8. The lowest BCUT2D eigenvalue weighted by molar-refractivity contribution is -0.141. The number of hydrogen-bond donors (Lipinski definition) is 1. The predicted octanol–water partition coefficient (Wildman–Crippen LogP) is 0.833. The number of nitrogens with zero attached hydrogens (tertiary/aromatic N) is 1. The molecule has 0 bridgehead atoms. The van der Waals surface area contributed by atoms with E-state index in [1.165, 1.54) is 12.0 Å². The third-order valence-electron chi connectivity index (χ3n) is 2.64. The van der Waals surface area contributed by atoms with E-state index < -0.39 is 0 Å². The Bertz CT molecular complexity index is 415. The Labute approximate surface area is 107 Å². The van der Waals surface area contributed by atoms with Crippen molar-refractivity contribution in [1.82, 2.24) is 4.90 Å². The van der Waals surface area contributed by atoms with Crippen LogP contribution in [-0.2, 0) is 20.7 Å². The summed E-state index contributed by atoms with van der Waals surface area (Å²) in [6, 6.07) is 7.16. The lowest BCUT2D eigenvalue weighted by atomic mass is 10.1. The molecule has 0 saturated carbocycles. The summed E-state index contributed by atoms with van der Waals surface area (Å²) in [6.45, 7) is 0.362. The molecule has 0 unspecified atom stereocenters. The van der Waals surface area contributed by atoms with Gasteiger partial charge in [-0.05, 0) is 17.7 Å². The highest BCUT2D eigenvalue weighted by Gasteiger charge is 2.11. The second-order valence-corrected chi connectivity index (χ2v) is 4.06. The average molecular weight is 250 g/mol. The normalized spacial score (nSPS) is 9.89. The zero-order valence-corrected chi connectivity index (χ0v) is 10.7. The van der Waals surface area contributed by atoms with Crippen molar-refractivity contribution in [1.29, 1.82) is 0 Å². The highest BCUT2D eigenvalue weighted by molar-refractivity contribution is 5.79. The summed E-state index contributed by atoms with van der Waals surface area (Å²) >= 11 is 0. The number of anilines is 1. The zero-order chi connectivity index (χ0) is 13.5. The fraction of sp³-hybridized carbons (Fsp3) is 0.385. The SMILES string of the molecule is COC(=O)CCN(C)C(=O)Cc1ccc(N)cc1. The van der Waals surface area contributed by atoms with Gasteiger partial charge in [-0.1, -0.05) is 12.1 Å². The lowest BCUT2D eigenvalue weighted by Gasteiger charge is -2.16. The topological polar surface area (TPSA) is 72.6 Å². The van der Waals surface area contributed by atoms with Gasteiger partial charge in [-0.2, -0.15) is 0 Å². The molecule has 5 heteroatoms. The van der Waals surface area contributed by atoms with Gasteiger partial charge in [0.1, 0.15) is 0 Å². The third kappa shape index (κ3) is 4.45. The van der Waals surface area contributed by atoms with Gasteiger partial charge in [-0.25, -0.2) is 0 Å². The molecular weight excluding hydrogens is 232 g/mol. The van der Waals surface area contributed by atoms with Gasteiger partial charge in [-0.3, -0.25) is 9.59 Å². The fourth-order valence-electron chi connectivity index (χ4n) is 1.43. The number of hydrogen-bond acceptors (Lipinski definition) is 4. The van der Waals surface area contributed by atoms with Crippen LogP contribution < -0.4 is 5.73 Å². The molecule has 1 rings (SSSR count). The van der Waals surface area contributed by atoms with Gasteiger partial charge >= 0.3 is 5.97 Å². The summed E-state index contributed by atoms with van der Waals surface area (Å²) in [5, 5.41) is 0. The molecule has 0 aliphatic rings. The second-order valence-electron chi connectivity index (χ2n) is 4.06. The number of rotatable bonds is 5. The Morgan fingerprint density at radius 2 is 1.89 bits per heavy atom. The molecule has 2 N–H and O–H groups in total. The van der Waals surface area contributed by atoms with Gasteiger partial charge in [0.15, 0.2) is 0 Å². The Kier molecular flexibility index (Phi) is 5.17. The first-order valence-electron chi connectivity index (χ1n) is 5.68. The van der Waals surface area contributed by atoms with Crippen LogP contribution in [0.3, 0.4) is 0 Å². The highest BCUT2D eigenvalue weighted by Crippen LogP contribution is 2.07. The predicted molar refractivity (Wildman–Crippen MR) is 68.8 cm³/mol. The number of carbonyl (C=O) groups excluding carboxylic acids is 2. The number of nitrogens with two attached hydrogens (primary N) is 1. The van der Waals surface area contributed by atoms with Crippen molar-refractivity contribution in [3.05, 3.63) is 29.8 Å². The summed E-state index contributed by atoms with van der Waals surface area (Å²) in [5.74, 6) is -0.356. The van der Waals surface area contributed by atoms with E-state index in [1.807, 2.05) is 12.1 Å². The van der Waals surface area contributed by atoms with Crippen molar-refractivity contribution in [3.8, 4) is 0 Å². The Hall–Kier alpha value is -2.04. The van der Waals surface area contributed by atoms with E-state index >= 15 is 0 Å². The van der Waals surface area contributed by atoms with Gasteiger partial charge in [0.25, 0.3) is 0 Å². The van der Waals surface area contributed by atoms with Crippen molar-refractivity contribution >= 4 is 17.6 Å². The van der Waals surface area contributed by atoms with Crippen LogP contribution in [0.5, 0.6) is 0 Å². The quantitative estimate of drug-likeness (QED) is 0.620. The first kappa shape index (κ1) is 14.0. The van der Waals surface area contributed by atoms with Gasteiger partial charge < -0.3 is 15.4 Å². The van der Waals surface area contributed by atoms with Crippen LogP contribution in [-0.4, -0.2) is 37.5 Å². The second kappa shape index (κ2) is 6.64. The number of amides is 1.